The summed E-state index contributed by atoms with van der Waals surface area (Å²) in [5.41, 5.74) is 0. The molecule has 1 aliphatic heterocycles. The summed E-state index contributed by atoms with van der Waals surface area (Å²) in [5, 5.41) is 5.80. The van der Waals surface area contributed by atoms with E-state index < -0.39 is 0 Å². The molecule has 6 nitrogen and oxygen atoms in total. The van der Waals surface area contributed by atoms with Gasteiger partial charge in [0.25, 0.3) is 5.91 Å². The Kier molecular flexibility index (Phi) is 6.21. The van der Waals surface area contributed by atoms with Gasteiger partial charge in [0.1, 0.15) is 5.75 Å². The average molecular weight is 305 g/mol. The minimum atomic E-state index is -0.292. The predicted octanol–water partition coefficient (Wildman–Crippen LogP) is 0.392. The van der Waals surface area contributed by atoms with E-state index >= 15 is 0 Å². The summed E-state index contributed by atoms with van der Waals surface area (Å²) in [6.45, 7) is 1.39. The molecule has 1 saturated heterocycles. The standard InChI is InChI=1S/C16H23N3O3/c1-17-13-6-5-9-19(11-13)16(21)10-18-15(20)12-22-14-7-3-2-4-8-14/h2-4,7-8,13,17H,5-6,9-12H2,1H3,(H,18,20). The SMILES string of the molecule is CNC1CCCN(C(=O)CNC(=O)COc2ccccc2)C1. The molecule has 2 rings (SSSR count). The van der Waals surface area contributed by atoms with Gasteiger partial charge in [-0.15, -0.1) is 0 Å². The molecule has 22 heavy (non-hydrogen) atoms. The van der Waals surface area contributed by atoms with Crippen LogP contribution in [0.25, 0.3) is 0 Å². The molecule has 6 heteroatoms. The highest BCUT2D eigenvalue weighted by molar-refractivity contribution is 5.85. The maximum absolute atomic E-state index is 12.1. The fourth-order valence-electron chi connectivity index (χ4n) is 2.44. The minimum absolute atomic E-state index is 0.0212. The molecule has 2 N–H and O–H groups in total. The molecule has 1 heterocycles. The van der Waals surface area contributed by atoms with Crippen molar-refractivity contribution in [2.24, 2.45) is 0 Å². The summed E-state index contributed by atoms with van der Waals surface area (Å²) in [4.78, 5) is 25.6. The van der Waals surface area contributed by atoms with Crippen LogP contribution in [0.3, 0.4) is 0 Å². The highest BCUT2D eigenvalue weighted by Crippen LogP contribution is 2.09. The number of nitrogens with one attached hydrogen (secondary N) is 2. The van der Waals surface area contributed by atoms with Crippen LogP contribution in [0.15, 0.2) is 30.3 Å². The number of benzene rings is 1. The van der Waals surface area contributed by atoms with E-state index in [1.165, 1.54) is 0 Å². The van der Waals surface area contributed by atoms with Crippen LogP contribution in [0.2, 0.25) is 0 Å². The fraction of sp³-hybridized carbons (Fsp3) is 0.500. The maximum Gasteiger partial charge on any atom is 0.258 e. The number of para-hydroxylation sites is 1. The van der Waals surface area contributed by atoms with Crippen molar-refractivity contribution in [3.8, 4) is 5.75 Å². The number of carbonyl (C=O) groups is 2. The van der Waals surface area contributed by atoms with Gasteiger partial charge in [-0.05, 0) is 32.0 Å². The number of hydrogen-bond acceptors (Lipinski definition) is 4. The molecule has 0 aromatic heterocycles. The first-order valence-electron chi connectivity index (χ1n) is 7.58. The Labute approximate surface area is 130 Å². The number of rotatable bonds is 6. The van der Waals surface area contributed by atoms with Crippen LogP contribution in [-0.4, -0.2) is 56.0 Å². The molecule has 1 atom stereocenters. The van der Waals surface area contributed by atoms with E-state index in [0.717, 1.165) is 19.4 Å². The Hall–Kier alpha value is -2.08. The number of amides is 2. The second-order valence-corrected chi connectivity index (χ2v) is 5.35. The van der Waals surface area contributed by atoms with Crippen LogP contribution in [-0.2, 0) is 9.59 Å². The highest BCUT2D eigenvalue weighted by Gasteiger charge is 2.22. The quantitative estimate of drug-likeness (QED) is 0.798. The van der Waals surface area contributed by atoms with Crippen molar-refractivity contribution in [2.75, 3.05) is 33.3 Å². The maximum atomic E-state index is 12.1. The number of nitrogens with zero attached hydrogens (tertiary/aromatic N) is 1. The van der Waals surface area contributed by atoms with Gasteiger partial charge in [-0.3, -0.25) is 9.59 Å². The summed E-state index contributed by atoms with van der Waals surface area (Å²) in [6, 6.07) is 9.46. The predicted molar refractivity (Wildman–Crippen MR) is 83.6 cm³/mol. The van der Waals surface area contributed by atoms with Gasteiger partial charge >= 0.3 is 0 Å². The van der Waals surface area contributed by atoms with Gasteiger partial charge in [-0.25, -0.2) is 0 Å². The van der Waals surface area contributed by atoms with Crippen LogP contribution in [0, 0.1) is 0 Å². The van der Waals surface area contributed by atoms with Gasteiger partial charge in [-0.2, -0.15) is 0 Å². The number of carbonyl (C=O) groups excluding carboxylic acids is 2. The fourth-order valence-corrected chi connectivity index (χ4v) is 2.44. The molecule has 0 aliphatic carbocycles. The van der Waals surface area contributed by atoms with Gasteiger partial charge in [0.15, 0.2) is 6.61 Å². The molecule has 1 aromatic carbocycles. The van der Waals surface area contributed by atoms with Crippen molar-refractivity contribution in [3.63, 3.8) is 0 Å². The van der Waals surface area contributed by atoms with Crippen LogP contribution < -0.4 is 15.4 Å². The monoisotopic (exact) mass is 305 g/mol. The van der Waals surface area contributed by atoms with Gasteiger partial charge in [0, 0.05) is 19.1 Å². The molecule has 120 valence electrons. The van der Waals surface area contributed by atoms with E-state index in [2.05, 4.69) is 10.6 Å². The van der Waals surface area contributed by atoms with Crippen molar-refractivity contribution < 1.29 is 14.3 Å². The van der Waals surface area contributed by atoms with E-state index in [-0.39, 0.29) is 25.0 Å². The second kappa shape index (κ2) is 8.38. The summed E-state index contributed by atoms with van der Waals surface area (Å²) in [6.07, 6.45) is 2.07. The Balaban J connectivity index is 1.68. The van der Waals surface area contributed by atoms with Crippen LogP contribution in [0.5, 0.6) is 5.75 Å². The van der Waals surface area contributed by atoms with Gasteiger partial charge in [-0.1, -0.05) is 18.2 Å². The highest BCUT2D eigenvalue weighted by atomic mass is 16.5. The third-order valence-corrected chi connectivity index (χ3v) is 3.73. The largest absolute Gasteiger partial charge is 0.484 e. The molecule has 2 amide bonds. The number of likely N-dealkylation sites (N-methyl/N-ethyl adjacent to an activating group) is 1. The van der Waals surface area contributed by atoms with Crippen molar-refractivity contribution >= 4 is 11.8 Å². The zero-order valence-corrected chi connectivity index (χ0v) is 12.9. The molecule has 0 spiro atoms. The first kappa shape index (κ1) is 16.3. The van der Waals surface area contributed by atoms with Gasteiger partial charge in [0.2, 0.25) is 5.91 Å². The Bertz CT molecular complexity index is 493. The lowest BCUT2D eigenvalue weighted by Crippen LogP contribution is -2.50. The zero-order chi connectivity index (χ0) is 15.8. The lowest BCUT2D eigenvalue weighted by atomic mass is 10.1. The minimum Gasteiger partial charge on any atom is -0.484 e. The lowest BCUT2D eigenvalue weighted by molar-refractivity contribution is -0.134. The van der Waals surface area contributed by atoms with Crippen molar-refractivity contribution in [3.05, 3.63) is 30.3 Å². The molecule has 0 radical (unpaired) electrons. The van der Waals surface area contributed by atoms with Gasteiger partial charge < -0.3 is 20.3 Å². The number of likely N-dealkylation sites (tertiary alicyclic amines) is 1. The summed E-state index contributed by atoms with van der Waals surface area (Å²) in [7, 11) is 1.90. The smallest absolute Gasteiger partial charge is 0.258 e. The average Bonchev–Trinajstić information content (AvgIpc) is 2.58. The molecular weight excluding hydrogens is 282 g/mol. The van der Waals surface area contributed by atoms with E-state index in [4.69, 9.17) is 4.74 Å². The summed E-state index contributed by atoms with van der Waals surface area (Å²) < 4.78 is 5.33. The Morgan fingerprint density at radius 2 is 2.09 bits per heavy atom. The number of ether oxygens (including phenoxy) is 1. The molecule has 1 unspecified atom stereocenters. The molecule has 1 fully saturated rings. The third kappa shape index (κ3) is 5.04. The number of piperidine rings is 1. The van der Waals surface area contributed by atoms with E-state index in [1.807, 2.05) is 25.2 Å². The Morgan fingerprint density at radius 1 is 1.32 bits per heavy atom. The first-order valence-corrected chi connectivity index (χ1v) is 7.58. The third-order valence-electron chi connectivity index (χ3n) is 3.73. The topological polar surface area (TPSA) is 70.7 Å². The van der Waals surface area contributed by atoms with E-state index in [0.29, 0.717) is 18.3 Å². The first-order chi connectivity index (χ1) is 10.7. The van der Waals surface area contributed by atoms with Crippen LogP contribution in [0.4, 0.5) is 0 Å². The molecule has 1 aromatic rings. The molecule has 0 saturated carbocycles. The normalized spacial score (nSPS) is 17.9. The lowest BCUT2D eigenvalue weighted by Gasteiger charge is -2.32. The van der Waals surface area contributed by atoms with Crippen molar-refractivity contribution in [2.45, 2.75) is 18.9 Å². The summed E-state index contributed by atoms with van der Waals surface area (Å²) >= 11 is 0. The van der Waals surface area contributed by atoms with E-state index in [9.17, 15) is 9.59 Å². The van der Waals surface area contributed by atoms with Crippen molar-refractivity contribution in [1.82, 2.24) is 15.5 Å². The molecular formula is C16H23N3O3. The zero-order valence-electron chi connectivity index (χ0n) is 12.9. The van der Waals surface area contributed by atoms with Crippen LogP contribution in [0.1, 0.15) is 12.8 Å². The van der Waals surface area contributed by atoms with Crippen LogP contribution >= 0.6 is 0 Å². The van der Waals surface area contributed by atoms with Crippen molar-refractivity contribution in [1.29, 1.82) is 0 Å². The number of hydrogen-bond donors (Lipinski definition) is 2. The molecule has 0 bridgehead atoms. The summed E-state index contributed by atoms with van der Waals surface area (Å²) in [5.74, 6) is 0.296. The van der Waals surface area contributed by atoms with E-state index in [1.54, 1.807) is 17.0 Å². The second-order valence-electron chi connectivity index (χ2n) is 5.35. The Morgan fingerprint density at radius 3 is 2.82 bits per heavy atom. The van der Waals surface area contributed by atoms with Gasteiger partial charge in [0.05, 0.1) is 6.54 Å². The molecule has 1 aliphatic rings.